The third-order valence-electron chi connectivity index (χ3n) is 2.62. The van der Waals surface area contributed by atoms with Gasteiger partial charge in [-0.1, -0.05) is 33.1 Å². The Bertz CT molecular complexity index is 198. The van der Waals surface area contributed by atoms with Crippen molar-refractivity contribution in [3.05, 3.63) is 12.2 Å². The first-order chi connectivity index (χ1) is 5.30. The van der Waals surface area contributed by atoms with Gasteiger partial charge < -0.3 is 0 Å². The van der Waals surface area contributed by atoms with Crippen molar-refractivity contribution in [2.75, 3.05) is 7.05 Å². The highest BCUT2D eigenvalue weighted by Crippen LogP contribution is 2.28. The van der Waals surface area contributed by atoms with Crippen molar-refractivity contribution in [1.29, 1.82) is 0 Å². The van der Waals surface area contributed by atoms with Crippen LogP contribution in [0.1, 0.15) is 13.8 Å². The zero-order valence-electron chi connectivity index (χ0n) is 9.23. The molecule has 70 valence electrons. The monoisotopic (exact) mass is 183 g/mol. The summed E-state index contributed by atoms with van der Waals surface area (Å²) in [5.41, 5.74) is 2.95. The Kier molecular flexibility index (Phi) is 3.91. The van der Waals surface area contributed by atoms with Crippen LogP contribution in [-0.4, -0.2) is 20.8 Å². The van der Waals surface area contributed by atoms with Gasteiger partial charge in [-0.25, -0.2) is 0 Å². The molecule has 0 aromatic heterocycles. The van der Waals surface area contributed by atoms with Gasteiger partial charge in [0.1, 0.15) is 0 Å². The minimum atomic E-state index is -1.08. The Morgan fingerprint density at radius 2 is 1.75 bits per heavy atom. The fourth-order valence-corrected chi connectivity index (χ4v) is 2.23. The second kappa shape index (κ2) is 4.03. The molecule has 0 unspecified atom stereocenters. The van der Waals surface area contributed by atoms with Crippen LogP contribution in [0.5, 0.6) is 0 Å². The number of rotatable bonds is 3. The quantitative estimate of drug-likeness (QED) is 0.470. The van der Waals surface area contributed by atoms with E-state index in [0.29, 0.717) is 5.54 Å². The average molecular weight is 183 g/mol. The van der Waals surface area contributed by atoms with Crippen molar-refractivity contribution in [1.82, 2.24) is 0 Å². The van der Waals surface area contributed by atoms with Crippen LogP contribution in [0.15, 0.2) is 17.1 Å². The number of allylic oxidation sites excluding steroid dienone is 1. The molecule has 0 aliphatic rings. The molecule has 0 fully saturated rings. The Morgan fingerprint density at radius 1 is 1.33 bits per heavy atom. The van der Waals surface area contributed by atoms with Crippen molar-refractivity contribution in [2.24, 2.45) is 4.99 Å². The first kappa shape index (κ1) is 11.6. The van der Waals surface area contributed by atoms with Crippen LogP contribution < -0.4 is 0 Å². The molecular formula is C10H21NSi. The molecule has 0 rings (SSSR count). The summed E-state index contributed by atoms with van der Waals surface area (Å²) in [4.78, 5) is 4.16. The molecule has 0 aromatic rings. The Hall–Kier alpha value is -0.373. The summed E-state index contributed by atoms with van der Waals surface area (Å²) in [5, 5.41) is 0. The molecule has 0 saturated heterocycles. The number of aliphatic imine (C=N–C) groups is 1. The first-order valence-corrected chi connectivity index (χ1v) is 8.01. The van der Waals surface area contributed by atoms with Crippen molar-refractivity contribution in [2.45, 2.75) is 39.0 Å². The minimum Gasteiger partial charge on any atom is -0.293 e. The van der Waals surface area contributed by atoms with Gasteiger partial charge in [-0.15, -0.1) is 0 Å². The number of nitrogens with zero attached hydrogens (tertiary/aromatic N) is 1. The summed E-state index contributed by atoms with van der Waals surface area (Å²) in [6, 6.07) is 0. The standard InChI is InChI=1S/C10H21NSi/c1-8(9(2)11-4)10(3)12(5,6)7/h10H,1H2,2-7H3/b11-9-/t10-/m1/s1. The summed E-state index contributed by atoms with van der Waals surface area (Å²) in [7, 11) is 0.748. The molecule has 0 aliphatic carbocycles. The topological polar surface area (TPSA) is 12.4 Å². The highest BCUT2D eigenvalue weighted by atomic mass is 28.3. The Labute approximate surface area is 77.6 Å². The molecule has 0 spiro atoms. The molecular weight excluding hydrogens is 162 g/mol. The summed E-state index contributed by atoms with van der Waals surface area (Å²) < 4.78 is 0. The Balaban J connectivity index is 4.52. The molecule has 0 aliphatic heterocycles. The van der Waals surface area contributed by atoms with Crippen molar-refractivity contribution in [3.8, 4) is 0 Å². The summed E-state index contributed by atoms with van der Waals surface area (Å²) in [6.07, 6.45) is 0. The summed E-state index contributed by atoms with van der Waals surface area (Å²) in [5.74, 6) is 0. The predicted octanol–water partition coefficient (Wildman–Crippen LogP) is 3.36. The van der Waals surface area contributed by atoms with Gasteiger partial charge in [0.25, 0.3) is 0 Å². The van der Waals surface area contributed by atoms with Crippen molar-refractivity contribution < 1.29 is 0 Å². The van der Waals surface area contributed by atoms with Gasteiger partial charge in [-0.3, -0.25) is 4.99 Å². The van der Waals surface area contributed by atoms with Crippen LogP contribution in [-0.2, 0) is 0 Å². The first-order valence-electron chi connectivity index (χ1n) is 4.43. The third kappa shape index (κ3) is 2.93. The molecule has 0 heterocycles. The lowest BCUT2D eigenvalue weighted by atomic mass is 10.1. The van der Waals surface area contributed by atoms with Gasteiger partial charge in [0.05, 0.1) is 8.07 Å². The van der Waals surface area contributed by atoms with Gasteiger partial charge >= 0.3 is 0 Å². The van der Waals surface area contributed by atoms with Gasteiger partial charge in [-0.05, 0) is 18.0 Å². The van der Waals surface area contributed by atoms with Gasteiger partial charge in [0, 0.05) is 12.8 Å². The van der Waals surface area contributed by atoms with E-state index in [1.165, 1.54) is 5.57 Å². The van der Waals surface area contributed by atoms with E-state index in [9.17, 15) is 0 Å². The van der Waals surface area contributed by atoms with E-state index in [4.69, 9.17) is 0 Å². The fourth-order valence-electron chi connectivity index (χ4n) is 0.980. The van der Waals surface area contributed by atoms with Crippen LogP contribution in [0, 0.1) is 0 Å². The van der Waals surface area contributed by atoms with Crippen LogP contribution >= 0.6 is 0 Å². The number of hydrogen-bond acceptors (Lipinski definition) is 1. The van der Waals surface area contributed by atoms with E-state index in [-0.39, 0.29) is 0 Å². The highest BCUT2D eigenvalue weighted by Gasteiger charge is 2.25. The second-order valence-electron chi connectivity index (χ2n) is 4.42. The lowest BCUT2D eigenvalue weighted by Gasteiger charge is -2.27. The molecule has 12 heavy (non-hydrogen) atoms. The third-order valence-corrected chi connectivity index (χ3v) is 5.57. The molecule has 0 amide bonds. The minimum absolute atomic E-state index is 0.626. The second-order valence-corrected chi connectivity index (χ2v) is 10.0. The van der Waals surface area contributed by atoms with E-state index < -0.39 is 8.07 Å². The summed E-state index contributed by atoms with van der Waals surface area (Å²) in [6.45, 7) is 15.5. The molecule has 1 nitrogen and oxygen atoms in total. The largest absolute Gasteiger partial charge is 0.293 e. The predicted molar refractivity (Wildman–Crippen MR) is 60.9 cm³/mol. The smallest absolute Gasteiger partial charge is 0.0518 e. The molecule has 0 radical (unpaired) electrons. The normalized spacial score (nSPS) is 16.0. The Morgan fingerprint density at radius 3 is 2.00 bits per heavy atom. The molecule has 0 aromatic carbocycles. The molecule has 0 bridgehead atoms. The van der Waals surface area contributed by atoms with Crippen LogP contribution in [0.2, 0.25) is 25.2 Å². The van der Waals surface area contributed by atoms with E-state index in [1.54, 1.807) is 0 Å². The van der Waals surface area contributed by atoms with Gasteiger partial charge in [0.2, 0.25) is 0 Å². The molecule has 0 N–H and O–H groups in total. The molecule has 1 atom stereocenters. The highest BCUT2D eigenvalue weighted by molar-refractivity contribution is 6.78. The average Bonchev–Trinajstić information content (AvgIpc) is 1.98. The maximum atomic E-state index is 4.16. The number of hydrogen-bond donors (Lipinski definition) is 0. The van der Waals surface area contributed by atoms with E-state index >= 15 is 0 Å². The molecule has 2 heteroatoms. The molecule has 0 saturated carbocycles. The maximum absolute atomic E-state index is 4.16. The zero-order valence-corrected chi connectivity index (χ0v) is 10.2. The zero-order chi connectivity index (χ0) is 9.94. The SMILES string of the molecule is C=C(/C(C)=N\C)[C@@H](C)[Si](C)(C)C. The summed E-state index contributed by atoms with van der Waals surface area (Å²) >= 11 is 0. The van der Waals surface area contributed by atoms with Crippen LogP contribution in [0.4, 0.5) is 0 Å². The van der Waals surface area contributed by atoms with Gasteiger partial charge in [-0.2, -0.15) is 0 Å². The van der Waals surface area contributed by atoms with Crippen molar-refractivity contribution >= 4 is 13.8 Å². The van der Waals surface area contributed by atoms with Crippen molar-refractivity contribution in [3.63, 3.8) is 0 Å². The van der Waals surface area contributed by atoms with Crippen LogP contribution in [0.3, 0.4) is 0 Å². The lowest BCUT2D eigenvalue weighted by molar-refractivity contribution is 1.09. The maximum Gasteiger partial charge on any atom is 0.0518 e. The van der Waals surface area contributed by atoms with E-state index in [0.717, 1.165) is 5.71 Å². The van der Waals surface area contributed by atoms with E-state index in [1.807, 2.05) is 14.0 Å². The fraction of sp³-hybridized carbons (Fsp3) is 0.700. The van der Waals surface area contributed by atoms with Gasteiger partial charge in [0.15, 0.2) is 0 Å². The lowest BCUT2D eigenvalue weighted by Crippen LogP contribution is -2.28. The van der Waals surface area contributed by atoms with Crippen LogP contribution in [0.25, 0.3) is 0 Å². The van der Waals surface area contributed by atoms with E-state index in [2.05, 4.69) is 38.1 Å².